The fourth-order valence-corrected chi connectivity index (χ4v) is 3.30. The van der Waals surface area contributed by atoms with E-state index in [1.54, 1.807) is 11.0 Å². The van der Waals surface area contributed by atoms with Crippen LogP contribution >= 0.6 is 0 Å². The fourth-order valence-electron chi connectivity index (χ4n) is 3.30. The van der Waals surface area contributed by atoms with Crippen molar-refractivity contribution >= 4 is 11.9 Å². The number of fused-ring (bicyclic) bond motifs is 2. The quantitative estimate of drug-likeness (QED) is 0.784. The fraction of sp³-hybridized carbons (Fsp3) is 0.533. The van der Waals surface area contributed by atoms with Crippen molar-refractivity contribution in [3.05, 3.63) is 23.4 Å². The van der Waals surface area contributed by atoms with Gasteiger partial charge in [0, 0.05) is 24.8 Å². The normalized spacial score (nSPS) is 24.8. The second kappa shape index (κ2) is 5.35. The first-order valence-corrected chi connectivity index (χ1v) is 7.17. The van der Waals surface area contributed by atoms with Gasteiger partial charge >= 0.3 is 5.97 Å². The zero-order valence-corrected chi connectivity index (χ0v) is 11.9. The first-order valence-electron chi connectivity index (χ1n) is 7.17. The highest BCUT2D eigenvalue weighted by molar-refractivity contribution is 5.96. The number of ether oxygens (including phenoxy) is 1. The molecule has 6 nitrogen and oxygen atoms in total. The third-order valence-corrected chi connectivity index (χ3v) is 4.45. The van der Waals surface area contributed by atoms with Crippen LogP contribution in [0.1, 0.15) is 35.2 Å². The molecule has 2 aliphatic rings. The minimum atomic E-state index is -0.255. The number of aromatic hydroxyl groups is 1. The number of hydrogen-bond acceptors (Lipinski definition) is 5. The van der Waals surface area contributed by atoms with Gasteiger partial charge < -0.3 is 14.7 Å². The van der Waals surface area contributed by atoms with Crippen molar-refractivity contribution in [2.75, 3.05) is 13.7 Å². The summed E-state index contributed by atoms with van der Waals surface area (Å²) in [7, 11) is 1.38. The molecule has 1 N–H and O–H groups in total. The zero-order chi connectivity index (χ0) is 15.0. The van der Waals surface area contributed by atoms with Crippen molar-refractivity contribution in [1.29, 1.82) is 0 Å². The highest BCUT2D eigenvalue weighted by Crippen LogP contribution is 2.31. The molecule has 1 amide bonds. The van der Waals surface area contributed by atoms with Crippen molar-refractivity contribution in [1.82, 2.24) is 9.88 Å². The van der Waals surface area contributed by atoms with Gasteiger partial charge in [0.05, 0.1) is 18.6 Å². The van der Waals surface area contributed by atoms with Crippen LogP contribution in [0, 0.1) is 5.92 Å². The topological polar surface area (TPSA) is 79.7 Å². The van der Waals surface area contributed by atoms with Crippen molar-refractivity contribution in [3.8, 4) is 5.88 Å². The van der Waals surface area contributed by atoms with Crippen LogP contribution in [0.15, 0.2) is 12.3 Å². The number of piperidine rings is 1. The summed E-state index contributed by atoms with van der Waals surface area (Å²) in [6.07, 6.45) is 4.56. The Morgan fingerprint density at radius 2 is 2.24 bits per heavy atom. The molecular formula is C15H18N2O4. The summed E-state index contributed by atoms with van der Waals surface area (Å²) in [6, 6.07) is 1.71. The molecule has 0 spiro atoms. The lowest BCUT2D eigenvalue weighted by Crippen LogP contribution is -2.48. The number of pyridine rings is 1. The Bertz CT molecular complexity index is 587. The maximum atomic E-state index is 12.7. The molecule has 1 aromatic heterocycles. The van der Waals surface area contributed by atoms with Gasteiger partial charge in [-0.3, -0.25) is 9.59 Å². The van der Waals surface area contributed by atoms with E-state index in [-0.39, 0.29) is 29.7 Å². The number of aromatic nitrogens is 1. The molecule has 3 rings (SSSR count). The molecule has 0 aromatic carbocycles. The molecule has 0 aliphatic carbocycles. The summed E-state index contributed by atoms with van der Waals surface area (Å²) in [5.41, 5.74) is 1.36. The Labute approximate surface area is 122 Å². The molecule has 1 fully saturated rings. The summed E-state index contributed by atoms with van der Waals surface area (Å²) in [4.78, 5) is 30.0. The molecule has 112 valence electrons. The smallest absolute Gasteiger partial charge is 0.310 e. The van der Waals surface area contributed by atoms with E-state index in [1.165, 1.54) is 13.3 Å². The number of methoxy groups -OCH3 is 1. The zero-order valence-electron chi connectivity index (χ0n) is 11.9. The van der Waals surface area contributed by atoms with Gasteiger partial charge in [-0.25, -0.2) is 4.98 Å². The summed E-state index contributed by atoms with van der Waals surface area (Å²) < 4.78 is 4.80. The van der Waals surface area contributed by atoms with E-state index in [0.717, 1.165) is 31.2 Å². The van der Waals surface area contributed by atoms with Crippen LogP contribution < -0.4 is 0 Å². The van der Waals surface area contributed by atoms with Crippen molar-refractivity contribution in [3.63, 3.8) is 0 Å². The number of amides is 1. The molecule has 1 aromatic rings. The number of hydrogen-bond donors (Lipinski definition) is 1. The molecule has 0 saturated carbocycles. The predicted octanol–water partition coefficient (Wildman–Crippen LogP) is 1.13. The van der Waals surface area contributed by atoms with Crippen LogP contribution in [-0.4, -0.2) is 46.6 Å². The van der Waals surface area contributed by atoms with E-state index in [0.29, 0.717) is 12.1 Å². The van der Waals surface area contributed by atoms with E-state index < -0.39 is 0 Å². The van der Waals surface area contributed by atoms with Gasteiger partial charge in [-0.05, 0) is 31.2 Å². The predicted molar refractivity (Wildman–Crippen MR) is 73.8 cm³/mol. The maximum Gasteiger partial charge on any atom is 0.310 e. The highest BCUT2D eigenvalue weighted by Gasteiger charge is 2.37. The monoisotopic (exact) mass is 290 g/mol. The van der Waals surface area contributed by atoms with Crippen LogP contribution in [0.4, 0.5) is 0 Å². The van der Waals surface area contributed by atoms with Gasteiger partial charge in [0.15, 0.2) is 0 Å². The number of rotatable bonds is 1. The van der Waals surface area contributed by atoms with E-state index in [1.807, 2.05) is 0 Å². The van der Waals surface area contributed by atoms with Gasteiger partial charge in [0.25, 0.3) is 5.91 Å². The first kappa shape index (κ1) is 13.9. The molecule has 1 saturated heterocycles. The third-order valence-electron chi connectivity index (χ3n) is 4.45. The Morgan fingerprint density at radius 3 is 3.00 bits per heavy atom. The Kier molecular flexibility index (Phi) is 3.53. The highest BCUT2D eigenvalue weighted by atomic mass is 16.5. The summed E-state index contributed by atoms with van der Waals surface area (Å²) in [5, 5.41) is 9.47. The molecule has 0 radical (unpaired) electrons. The van der Waals surface area contributed by atoms with Gasteiger partial charge in [0.1, 0.15) is 0 Å². The molecule has 21 heavy (non-hydrogen) atoms. The maximum absolute atomic E-state index is 12.7. The molecule has 2 atom stereocenters. The lowest BCUT2D eigenvalue weighted by molar-refractivity contribution is -0.147. The average molecular weight is 290 g/mol. The number of nitrogens with zero attached hydrogens (tertiary/aromatic N) is 2. The molecule has 0 bridgehead atoms. The van der Waals surface area contributed by atoms with Crippen molar-refractivity contribution in [2.45, 2.75) is 31.7 Å². The second-order valence-corrected chi connectivity index (χ2v) is 5.65. The molecule has 0 unspecified atom stereocenters. The lowest BCUT2D eigenvalue weighted by Gasteiger charge is -2.37. The van der Waals surface area contributed by atoms with Gasteiger partial charge in [0.2, 0.25) is 5.88 Å². The first-order chi connectivity index (χ1) is 10.1. The number of aryl methyl sites for hydroxylation is 1. The van der Waals surface area contributed by atoms with Crippen LogP contribution in [-0.2, 0) is 16.0 Å². The molecule has 3 heterocycles. The van der Waals surface area contributed by atoms with Crippen LogP contribution in [0.2, 0.25) is 0 Å². The Morgan fingerprint density at radius 1 is 1.43 bits per heavy atom. The summed E-state index contributed by atoms with van der Waals surface area (Å²) in [6.45, 7) is 0.399. The molecule has 2 aliphatic heterocycles. The Hall–Kier alpha value is -2.11. The second-order valence-electron chi connectivity index (χ2n) is 5.65. The van der Waals surface area contributed by atoms with Crippen LogP contribution in [0.5, 0.6) is 5.88 Å². The SMILES string of the molecule is COC(=O)[C@H]1CC[C@@H]2CCc3cc(O)ncc3C(=O)N2C1. The minimum Gasteiger partial charge on any atom is -0.493 e. The van der Waals surface area contributed by atoms with E-state index in [4.69, 9.17) is 4.74 Å². The summed E-state index contributed by atoms with van der Waals surface area (Å²) >= 11 is 0. The van der Waals surface area contributed by atoms with Crippen LogP contribution in [0.25, 0.3) is 0 Å². The van der Waals surface area contributed by atoms with Gasteiger partial charge in [-0.2, -0.15) is 0 Å². The van der Waals surface area contributed by atoms with Crippen LogP contribution in [0.3, 0.4) is 0 Å². The average Bonchev–Trinajstić information content (AvgIpc) is 2.63. The molecular weight excluding hydrogens is 272 g/mol. The number of carbonyl (C=O) groups is 2. The van der Waals surface area contributed by atoms with Gasteiger partial charge in [-0.1, -0.05) is 0 Å². The molecule has 6 heteroatoms. The number of esters is 1. The van der Waals surface area contributed by atoms with Gasteiger partial charge in [-0.15, -0.1) is 0 Å². The summed E-state index contributed by atoms with van der Waals surface area (Å²) in [5.74, 6) is -0.668. The largest absolute Gasteiger partial charge is 0.493 e. The Balaban J connectivity index is 1.89. The van der Waals surface area contributed by atoms with E-state index in [9.17, 15) is 14.7 Å². The minimum absolute atomic E-state index is 0.0612. The standard InChI is InChI=1S/C15H18N2O4/c1-21-15(20)10-3-5-11-4-2-9-6-13(18)16-7-12(9)14(19)17(11)8-10/h6-7,10-11H,2-5,8H2,1H3,(H,16,18)/t10-,11-/m0/s1. The lowest BCUT2D eigenvalue weighted by atomic mass is 9.91. The van der Waals surface area contributed by atoms with Crippen molar-refractivity contribution < 1.29 is 19.4 Å². The van der Waals surface area contributed by atoms with Crippen molar-refractivity contribution in [2.24, 2.45) is 5.92 Å². The third kappa shape index (κ3) is 2.46. The van der Waals surface area contributed by atoms with E-state index >= 15 is 0 Å². The number of carbonyl (C=O) groups excluding carboxylic acids is 2. The van der Waals surface area contributed by atoms with E-state index in [2.05, 4.69) is 4.98 Å².